The second kappa shape index (κ2) is 8.91. The van der Waals surface area contributed by atoms with Gasteiger partial charge in [0.25, 0.3) is 11.5 Å². The average Bonchev–Trinajstić information content (AvgIpc) is 3.21. The van der Waals surface area contributed by atoms with Gasteiger partial charge >= 0.3 is 0 Å². The van der Waals surface area contributed by atoms with Gasteiger partial charge in [-0.05, 0) is 43.5 Å². The van der Waals surface area contributed by atoms with Crippen molar-refractivity contribution in [1.29, 1.82) is 0 Å². The van der Waals surface area contributed by atoms with Gasteiger partial charge in [0.05, 0.1) is 20.3 Å². The molecule has 0 bridgehead atoms. The molecule has 0 saturated carbocycles. The SMILES string of the molecule is CCCCn1nc(C(=O)N2CCCC2c2cc(OC)ccc2OC)ccc1=O. The first-order valence-electron chi connectivity index (χ1n) is 9.70. The van der Waals surface area contributed by atoms with Crippen molar-refractivity contribution in [3.05, 3.63) is 51.9 Å². The van der Waals surface area contributed by atoms with Gasteiger partial charge < -0.3 is 14.4 Å². The van der Waals surface area contributed by atoms with Crippen LogP contribution in [0.5, 0.6) is 11.5 Å². The summed E-state index contributed by atoms with van der Waals surface area (Å²) in [6.07, 6.45) is 3.53. The topological polar surface area (TPSA) is 73.7 Å². The highest BCUT2D eigenvalue weighted by atomic mass is 16.5. The lowest BCUT2D eigenvalue weighted by Crippen LogP contribution is -2.33. The van der Waals surface area contributed by atoms with E-state index in [9.17, 15) is 9.59 Å². The number of benzene rings is 1. The predicted molar refractivity (Wildman–Crippen MR) is 106 cm³/mol. The van der Waals surface area contributed by atoms with E-state index >= 15 is 0 Å². The fraction of sp³-hybridized carbons (Fsp3) is 0.476. The van der Waals surface area contributed by atoms with Gasteiger partial charge in [-0.3, -0.25) is 9.59 Å². The van der Waals surface area contributed by atoms with Crippen molar-refractivity contribution in [1.82, 2.24) is 14.7 Å². The lowest BCUT2D eigenvalue weighted by atomic mass is 10.0. The summed E-state index contributed by atoms with van der Waals surface area (Å²) in [7, 11) is 3.24. The minimum absolute atomic E-state index is 0.115. The number of amides is 1. The molecular weight excluding hydrogens is 358 g/mol. The Morgan fingerprint density at radius 2 is 2.04 bits per heavy atom. The zero-order valence-electron chi connectivity index (χ0n) is 16.7. The second-order valence-corrected chi connectivity index (χ2v) is 6.90. The highest BCUT2D eigenvalue weighted by Gasteiger charge is 2.33. The molecule has 1 aromatic carbocycles. The fourth-order valence-electron chi connectivity index (χ4n) is 3.61. The van der Waals surface area contributed by atoms with Crippen molar-refractivity contribution in [3.8, 4) is 11.5 Å². The van der Waals surface area contributed by atoms with Gasteiger partial charge in [0.15, 0.2) is 0 Å². The number of hydrogen-bond donors (Lipinski definition) is 0. The number of aromatic nitrogens is 2. The highest BCUT2D eigenvalue weighted by Crippen LogP contribution is 2.39. The predicted octanol–water partition coefficient (Wildman–Crippen LogP) is 3.04. The zero-order valence-corrected chi connectivity index (χ0v) is 16.7. The summed E-state index contributed by atoms with van der Waals surface area (Å²) in [5.74, 6) is 1.28. The molecule has 1 atom stereocenters. The van der Waals surface area contributed by atoms with Crippen LogP contribution in [0.4, 0.5) is 0 Å². The van der Waals surface area contributed by atoms with E-state index in [0.717, 1.165) is 42.7 Å². The molecule has 1 aliphatic heterocycles. The molecule has 1 unspecified atom stereocenters. The van der Waals surface area contributed by atoms with Gasteiger partial charge in [0.2, 0.25) is 0 Å². The number of aryl methyl sites for hydroxylation is 1. The van der Waals surface area contributed by atoms with Crippen LogP contribution in [-0.2, 0) is 6.54 Å². The molecule has 7 heteroatoms. The van der Waals surface area contributed by atoms with Crippen molar-refractivity contribution in [2.75, 3.05) is 20.8 Å². The third kappa shape index (κ3) is 4.03. The highest BCUT2D eigenvalue weighted by molar-refractivity contribution is 5.92. The normalized spacial score (nSPS) is 16.2. The molecule has 150 valence electrons. The third-order valence-corrected chi connectivity index (χ3v) is 5.12. The van der Waals surface area contributed by atoms with Crippen LogP contribution in [-0.4, -0.2) is 41.4 Å². The standard InChI is InChI=1S/C21H27N3O4/c1-4-5-13-24-20(25)11-9-17(22-24)21(26)23-12-6-7-18(23)16-14-15(27-2)8-10-19(16)28-3/h8-11,14,18H,4-7,12-13H2,1-3H3. The Morgan fingerprint density at radius 3 is 2.75 bits per heavy atom. The van der Waals surface area contributed by atoms with Gasteiger partial charge in [-0.2, -0.15) is 5.10 Å². The number of unbranched alkanes of at least 4 members (excludes halogenated alkanes) is 1. The number of carbonyl (C=O) groups is 1. The van der Waals surface area contributed by atoms with Crippen LogP contribution < -0.4 is 15.0 Å². The van der Waals surface area contributed by atoms with E-state index in [1.165, 1.54) is 16.8 Å². The Kier molecular flexibility index (Phi) is 6.34. The van der Waals surface area contributed by atoms with E-state index in [-0.39, 0.29) is 17.5 Å². The van der Waals surface area contributed by atoms with Gasteiger partial charge in [-0.25, -0.2) is 4.68 Å². The average molecular weight is 385 g/mol. The van der Waals surface area contributed by atoms with Crippen molar-refractivity contribution in [2.45, 2.75) is 45.2 Å². The Morgan fingerprint density at radius 1 is 1.21 bits per heavy atom. The van der Waals surface area contributed by atoms with Crippen LogP contribution in [0.1, 0.15) is 54.7 Å². The maximum atomic E-state index is 13.2. The number of nitrogens with zero attached hydrogens (tertiary/aromatic N) is 3. The molecule has 2 heterocycles. The van der Waals surface area contributed by atoms with Gasteiger partial charge in [0, 0.05) is 24.7 Å². The van der Waals surface area contributed by atoms with E-state index in [1.54, 1.807) is 14.2 Å². The second-order valence-electron chi connectivity index (χ2n) is 6.90. The molecule has 0 N–H and O–H groups in total. The third-order valence-electron chi connectivity index (χ3n) is 5.12. The molecule has 28 heavy (non-hydrogen) atoms. The first-order valence-corrected chi connectivity index (χ1v) is 9.70. The first kappa shape index (κ1) is 19.9. The smallest absolute Gasteiger partial charge is 0.274 e. The Balaban J connectivity index is 1.91. The molecule has 1 fully saturated rings. The molecular formula is C21H27N3O4. The molecule has 7 nitrogen and oxygen atoms in total. The minimum Gasteiger partial charge on any atom is -0.497 e. The van der Waals surface area contributed by atoms with E-state index in [2.05, 4.69) is 12.0 Å². The fourth-order valence-corrected chi connectivity index (χ4v) is 3.61. The van der Waals surface area contributed by atoms with E-state index in [1.807, 2.05) is 23.1 Å². The zero-order chi connectivity index (χ0) is 20.1. The number of methoxy groups -OCH3 is 2. The molecule has 1 saturated heterocycles. The summed E-state index contributed by atoms with van der Waals surface area (Å²) in [4.78, 5) is 27.0. The van der Waals surface area contributed by atoms with Crippen LogP contribution >= 0.6 is 0 Å². The quantitative estimate of drug-likeness (QED) is 0.732. The van der Waals surface area contributed by atoms with Gasteiger partial charge in [0.1, 0.15) is 17.2 Å². The minimum atomic E-state index is -0.183. The summed E-state index contributed by atoms with van der Waals surface area (Å²) in [6.45, 7) is 3.21. The number of carbonyl (C=O) groups excluding carboxylic acids is 1. The summed E-state index contributed by atoms with van der Waals surface area (Å²) in [6, 6.07) is 8.45. The van der Waals surface area contributed by atoms with E-state index in [4.69, 9.17) is 9.47 Å². The number of rotatable bonds is 7. The van der Waals surface area contributed by atoms with Crippen LogP contribution in [0.2, 0.25) is 0 Å². The summed E-state index contributed by atoms with van der Waals surface area (Å²) in [5.41, 5.74) is 1.04. The Bertz CT molecular complexity index is 893. The van der Waals surface area contributed by atoms with E-state index in [0.29, 0.717) is 18.8 Å². The summed E-state index contributed by atoms with van der Waals surface area (Å²) >= 11 is 0. The molecule has 0 radical (unpaired) electrons. The van der Waals surface area contributed by atoms with Crippen LogP contribution in [0.25, 0.3) is 0 Å². The number of hydrogen-bond acceptors (Lipinski definition) is 5. The molecule has 2 aromatic rings. The monoisotopic (exact) mass is 385 g/mol. The number of ether oxygens (including phenoxy) is 2. The maximum Gasteiger partial charge on any atom is 0.274 e. The van der Waals surface area contributed by atoms with Gasteiger partial charge in [-0.15, -0.1) is 0 Å². The first-order chi connectivity index (χ1) is 13.6. The van der Waals surface area contributed by atoms with Gasteiger partial charge in [-0.1, -0.05) is 13.3 Å². The van der Waals surface area contributed by atoms with Crippen LogP contribution in [0, 0.1) is 0 Å². The van der Waals surface area contributed by atoms with Crippen molar-refractivity contribution >= 4 is 5.91 Å². The summed E-state index contributed by atoms with van der Waals surface area (Å²) < 4.78 is 12.2. The van der Waals surface area contributed by atoms with Crippen LogP contribution in [0.15, 0.2) is 35.1 Å². The summed E-state index contributed by atoms with van der Waals surface area (Å²) in [5, 5.41) is 4.32. The van der Waals surface area contributed by atoms with Crippen molar-refractivity contribution < 1.29 is 14.3 Å². The van der Waals surface area contributed by atoms with E-state index < -0.39 is 0 Å². The molecule has 1 aliphatic rings. The maximum absolute atomic E-state index is 13.2. The molecule has 0 aliphatic carbocycles. The molecule has 0 spiro atoms. The molecule has 1 aromatic heterocycles. The molecule has 1 amide bonds. The Labute approximate surface area is 164 Å². The lowest BCUT2D eigenvalue weighted by Gasteiger charge is -2.26. The largest absolute Gasteiger partial charge is 0.497 e. The lowest BCUT2D eigenvalue weighted by molar-refractivity contribution is 0.0725. The molecule has 3 rings (SSSR count). The van der Waals surface area contributed by atoms with Crippen molar-refractivity contribution in [2.24, 2.45) is 0 Å². The Hall–Kier alpha value is -2.83. The van der Waals surface area contributed by atoms with Crippen molar-refractivity contribution in [3.63, 3.8) is 0 Å². The van der Waals surface area contributed by atoms with Crippen LogP contribution in [0.3, 0.4) is 0 Å². The number of likely N-dealkylation sites (tertiary alicyclic amines) is 1.